The molecule has 0 bridgehead atoms. The van der Waals surface area contributed by atoms with Crippen LogP contribution in [0.25, 0.3) is 11.3 Å². The predicted octanol–water partition coefficient (Wildman–Crippen LogP) is 1.91. The van der Waals surface area contributed by atoms with Crippen molar-refractivity contribution in [1.29, 1.82) is 0 Å². The van der Waals surface area contributed by atoms with Gasteiger partial charge < -0.3 is 20.0 Å². The summed E-state index contributed by atoms with van der Waals surface area (Å²) >= 11 is 0. The highest BCUT2D eigenvalue weighted by Gasteiger charge is 2.15. The summed E-state index contributed by atoms with van der Waals surface area (Å²) in [6, 6.07) is 10.0. The van der Waals surface area contributed by atoms with E-state index in [-0.39, 0.29) is 6.42 Å². The average Bonchev–Trinajstić information content (AvgIpc) is 2.87. The fourth-order valence-electron chi connectivity index (χ4n) is 1.72. The van der Waals surface area contributed by atoms with Gasteiger partial charge >= 0.3 is 5.97 Å². The van der Waals surface area contributed by atoms with Gasteiger partial charge in [-0.05, 0) is 24.3 Å². The number of carboxylic acid groups (broad SMARTS) is 1. The number of ether oxygens (including phenoxy) is 1. The van der Waals surface area contributed by atoms with Gasteiger partial charge in [-0.2, -0.15) is 0 Å². The standard InChI is InChI=1S/C14H15NO4/c1-18-10-4-2-3-9(7-10)13-6-5-11(19-13)8-12(15)14(16)17/h2-7,12H,8,15H2,1H3,(H,16,17). The molecular weight excluding hydrogens is 246 g/mol. The number of methoxy groups -OCH3 is 1. The maximum Gasteiger partial charge on any atom is 0.320 e. The van der Waals surface area contributed by atoms with Gasteiger partial charge in [0.15, 0.2) is 0 Å². The molecule has 2 aromatic rings. The van der Waals surface area contributed by atoms with Crippen molar-refractivity contribution in [2.45, 2.75) is 12.5 Å². The van der Waals surface area contributed by atoms with Crippen molar-refractivity contribution in [1.82, 2.24) is 0 Å². The second-order valence-electron chi connectivity index (χ2n) is 4.15. The number of rotatable bonds is 5. The highest BCUT2D eigenvalue weighted by molar-refractivity contribution is 5.73. The number of benzene rings is 1. The van der Waals surface area contributed by atoms with Crippen molar-refractivity contribution in [3.63, 3.8) is 0 Å². The highest BCUT2D eigenvalue weighted by Crippen LogP contribution is 2.26. The smallest absolute Gasteiger partial charge is 0.320 e. The Labute approximate surface area is 110 Å². The van der Waals surface area contributed by atoms with E-state index in [2.05, 4.69) is 0 Å². The van der Waals surface area contributed by atoms with Gasteiger partial charge in [0.1, 0.15) is 23.3 Å². The summed E-state index contributed by atoms with van der Waals surface area (Å²) in [5.41, 5.74) is 6.33. The van der Waals surface area contributed by atoms with Crippen LogP contribution in [0.1, 0.15) is 5.76 Å². The zero-order chi connectivity index (χ0) is 13.8. The van der Waals surface area contributed by atoms with Gasteiger partial charge in [0.25, 0.3) is 0 Å². The van der Waals surface area contributed by atoms with Crippen LogP contribution in [0.15, 0.2) is 40.8 Å². The number of nitrogens with two attached hydrogens (primary N) is 1. The van der Waals surface area contributed by atoms with Crippen molar-refractivity contribution >= 4 is 5.97 Å². The molecule has 19 heavy (non-hydrogen) atoms. The van der Waals surface area contributed by atoms with E-state index in [1.165, 1.54) is 0 Å². The molecule has 0 fully saturated rings. The molecule has 100 valence electrons. The van der Waals surface area contributed by atoms with Gasteiger partial charge in [0.2, 0.25) is 0 Å². The Bertz CT molecular complexity index is 576. The third-order valence-electron chi connectivity index (χ3n) is 2.75. The third kappa shape index (κ3) is 3.14. The van der Waals surface area contributed by atoms with E-state index < -0.39 is 12.0 Å². The molecule has 1 aromatic heterocycles. The first-order chi connectivity index (χ1) is 9.10. The van der Waals surface area contributed by atoms with E-state index in [0.717, 1.165) is 11.3 Å². The number of hydrogen-bond acceptors (Lipinski definition) is 4. The number of carbonyl (C=O) groups is 1. The first-order valence-electron chi connectivity index (χ1n) is 5.81. The topological polar surface area (TPSA) is 85.7 Å². The maximum atomic E-state index is 10.7. The fraction of sp³-hybridized carbons (Fsp3) is 0.214. The molecule has 5 nitrogen and oxygen atoms in total. The lowest BCUT2D eigenvalue weighted by molar-refractivity contribution is -0.138. The van der Waals surface area contributed by atoms with Crippen LogP contribution < -0.4 is 10.5 Å². The fourth-order valence-corrected chi connectivity index (χ4v) is 1.72. The minimum atomic E-state index is -1.04. The molecule has 3 N–H and O–H groups in total. The molecule has 1 atom stereocenters. The molecule has 0 amide bonds. The summed E-state index contributed by atoms with van der Waals surface area (Å²) in [4.78, 5) is 10.7. The molecule has 0 spiro atoms. The summed E-state index contributed by atoms with van der Waals surface area (Å²) in [5, 5.41) is 8.75. The molecule has 5 heteroatoms. The molecule has 1 aromatic carbocycles. The molecule has 1 heterocycles. The first-order valence-corrected chi connectivity index (χ1v) is 5.81. The minimum Gasteiger partial charge on any atom is -0.497 e. The largest absolute Gasteiger partial charge is 0.497 e. The number of aliphatic carboxylic acids is 1. The summed E-state index contributed by atoms with van der Waals surface area (Å²) in [7, 11) is 1.60. The van der Waals surface area contributed by atoms with Crippen LogP contribution in [0.3, 0.4) is 0 Å². The molecular formula is C14H15NO4. The lowest BCUT2D eigenvalue weighted by atomic mass is 10.1. The Balaban J connectivity index is 2.18. The number of furan rings is 1. The predicted molar refractivity (Wildman–Crippen MR) is 70.0 cm³/mol. The van der Waals surface area contributed by atoms with Gasteiger partial charge in [0, 0.05) is 12.0 Å². The van der Waals surface area contributed by atoms with E-state index in [1.807, 2.05) is 24.3 Å². The van der Waals surface area contributed by atoms with E-state index >= 15 is 0 Å². The van der Waals surface area contributed by atoms with E-state index in [1.54, 1.807) is 19.2 Å². The molecule has 0 radical (unpaired) electrons. The highest BCUT2D eigenvalue weighted by atomic mass is 16.5. The van der Waals surface area contributed by atoms with E-state index in [0.29, 0.717) is 11.5 Å². The molecule has 1 unspecified atom stereocenters. The molecule has 0 saturated carbocycles. The van der Waals surface area contributed by atoms with Crippen molar-refractivity contribution in [2.75, 3.05) is 7.11 Å². The Hall–Kier alpha value is -2.27. The van der Waals surface area contributed by atoms with Gasteiger partial charge in [-0.25, -0.2) is 0 Å². The van der Waals surface area contributed by atoms with Gasteiger partial charge in [-0.3, -0.25) is 4.79 Å². The minimum absolute atomic E-state index is 0.166. The van der Waals surface area contributed by atoms with Crippen LogP contribution in [0, 0.1) is 0 Å². The zero-order valence-electron chi connectivity index (χ0n) is 10.5. The molecule has 0 aliphatic carbocycles. The zero-order valence-corrected chi connectivity index (χ0v) is 10.5. The SMILES string of the molecule is COc1cccc(-c2ccc(CC(N)C(=O)O)o2)c1. The van der Waals surface area contributed by atoms with Crippen LogP contribution in [-0.2, 0) is 11.2 Å². The Morgan fingerprint density at radius 1 is 1.42 bits per heavy atom. The van der Waals surface area contributed by atoms with E-state index in [9.17, 15) is 4.79 Å². The van der Waals surface area contributed by atoms with Gasteiger partial charge in [-0.1, -0.05) is 12.1 Å². The first kappa shape index (κ1) is 13.2. The van der Waals surface area contributed by atoms with E-state index in [4.69, 9.17) is 20.0 Å². The number of carboxylic acids is 1. The van der Waals surface area contributed by atoms with Crippen molar-refractivity contribution in [3.05, 3.63) is 42.2 Å². The Kier molecular flexibility index (Phi) is 3.87. The molecule has 0 aliphatic heterocycles. The van der Waals surface area contributed by atoms with Gasteiger partial charge in [-0.15, -0.1) is 0 Å². The maximum absolute atomic E-state index is 10.7. The third-order valence-corrected chi connectivity index (χ3v) is 2.75. The van der Waals surface area contributed by atoms with Crippen LogP contribution in [0.5, 0.6) is 5.75 Å². The van der Waals surface area contributed by atoms with Crippen molar-refractivity contribution in [2.24, 2.45) is 5.73 Å². The molecule has 0 aliphatic rings. The lowest BCUT2D eigenvalue weighted by Crippen LogP contribution is -2.32. The van der Waals surface area contributed by atoms with Gasteiger partial charge in [0.05, 0.1) is 7.11 Å². The van der Waals surface area contributed by atoms with Crippen LogP contribution in [0.4, 0.5) is 0 Å². The van der Waals surface area contributed by atoms with Crippen molar-refractivity contribution in [3.8, 4) is 17.1 Å². The van der Waals surface area contributed by atoms with Crippen LogP contribution in [-0.4, -0.2) is 24.2 Å². The quantitative estimate of drug-likeness (QED) is 0.858. The Morgan fingerprint density at radius 3 is 2.89 bits per heavy atom. The molecule has 0 saturated heterocycles. The summed E-state index contributed by atoms with van der Waals surface area (Å²) in [6.45, 7) is 0. The molecule has 2 rings (SSSR count). The van der Waals surface area contributed by atoms with Crippen molar-refractivity contribution < 1.29 is 19.1 Å². The second-order valence-corrected chi connectivity index (χ2v) is 4.15. The summed E-state index contributed by atoms with van der Waals surface area (Å²) in [5.74, 6) is 0.899. The Morgan fingerprint density at radius 2 is 2.21 bits per heavy atom. The average molecular weight is 261 g/mol. The summed E-state index contributed by atoms with van der Waals surface area (Å²) in [6.07, 6.45) is 0.166. The summed E-state index contributed by atoms with van der Waals surface area (Å²) < 4.78 is 10.7. The monoisotopic (exact) mass is 261 g/mol. The van der Waals surface area contributed by atoms with Crippen LogP contribution >= 0.6 is 0 Å². The second kappa shape index (κ2) is 5.58. The van der Waals surface area contributed by atoms with Crippen LogP contribution in [0.2, 0.25) is 0 Å². The number of hydrogen-bond donors (Lipinski definition) is 2. The normalized spacial score (nSPS) is 12.1. The lowest BCUT2D eigenvalue weighted by Gasteiger charge is -2.04.